The summed E-state index contributed by atoms with van der Waals surface area (Å²) >= 11 is 1.51. The zero-order valence-corrected chi connectivity index (χ0v) is 20.4. The molecule has 2 atom stereocenters. The minimum atomic E-state index is -1.01. The van der Waals surface area contributed by atoms with Gasteiger partial charge in [-0.15, -0.1) is 11.8 Å². The molecule has 1 amide bonds. The van der Waals surface area contributed by atoms with Crippen LogP contribution in [0.25, 0.3) is 10.4 Å². The number of azide groups is 1. The number of anilines is 1. The lowest BCUT2D eigenvalue weighted by Gasteiger charge is -2.28. The van der Waals surface area contributed by atoms with Crippen molar-refractivity contribution in [3.63, 3.8) is 0 Å². The van der Waals surface area contributed by atoms with Crippen molar-refractivity contribution in [3.8, 4) is 5.75 Å². The second kappa shape index (κ2) is 12.3. The number of likely N-dealkylation sites (N-methyl/N-ethyl adjacent to an activating group) is 1. The van der Waals surface area contributed by atoms with E-state index in [1.165, 1.54) is 11.8 Å². The summed E-state index contributed by atoms with van der Waals surface area (Å²) in [5.74, 6) is -0.0547. The molecule has 0 spiro atoms. The second-order valence-electron chi connectivity index (χ2n) is 8.04. The van der Waals surface area contributed by atoms with Gasteiger partial charge in [0.15, 0.2) is 6.10 Å². The topological polar surface area (TPSA) is 108 Å². The molecule has 3 rings (SSSR count). The number of amides is 1. The van der Waals surface area contributed by atoms with Gasteiger partial charge in [-0.05, 0) is 55.9 Å². The second-order valence-corrected chi connectivity index (χ2v) is 9.22. The SMILES string of the molecule is COc1ccc([C@@H]2Sc3ccccc3N(CCN(C)C)C(=O)[C@@H]2OC(=O)CCCN=[N+]=[N-])cc1. The number of para-hydroxylation sites is 1. The number of benzene rings is 2. The minimum absolute atomic E-state index is 0.0629. The van der Waals surface area contributed by atoms with Crippen molar-refractivity contribution in [2.75, 3.05) is 45.7 Å². The van der Waals surface area contributed by atoms with Crippen LogP contribution in [0.4, 0.5) is 5.69 Å². The Bertz CT molecular complexity index is 1040. The molecule has 180 valence electrons. The Labute approximate surface area is 203 Å². The standard InChI is InChI=1S/C24H29N5O4S/c1-28(2)15-16-29-19-7-4-5-8-20(19)34-23(17-10-12-18(32-3)13-11-17)22(24(29)31)33-21(30)9-6-14-26-27-25/h4-5,7-8,10-13,22-23H,6,9,14-16H2,1-3H3/t22-,23+/m1/s1. The van der Waals surface area contributed by atoms with Crippen molar-refractivity contribution in [1.82, 2.24) is 4.90 Å². The smallest absolute Gasteiger partial charge is 0.306 e. The summed E-state index contributed by atoms with van der Waals surface area (Å²) in [6, 6.07) is 15.2. The van der Waals surface area contributed by atoms with Gasteiger partial charge in [-0.2, -0.15) is 0 Å². The first kappa shape index (κ1) is 25.4. The van der Waals surface area contributed by atoms with Gasteiger partial charge in [-0.1, -0.05) is 29.4 Å². The van der Waals surface area contributed by atoms with Crippen LogP contribution in [0.1, 0.15) is 23.7 Å². The summed E-state index contributed by atoms with van der Waals surface area (Å²) in [5.41, 5.74) is 10.1. The Balaban J connectivity index is 1.97. The third-order valence-electron chi connectivity index (χ3n) is 5.37. The van der Waals surface area contributed by atoms with Crippen LogP contribution < -0.4 is 9.64 Å². The monoisotopic (exact) mass is 483 g/mol. The first-order chi connectivity index (χ1) is 16.4. The van der Waals surface area contributed by atoms with Crippen molar-refractivity contribution < 1.29 is 19.1 Å². The minimum Gasteiger partial charge on any atom is -0.497 e. The van der Waals surface area contributed by atoms with E-state index in [1.807, 2.05) is 67.5 Å². The molecule has 0 fully saturated rings. The summed E-state index contributed by atoms with van der Waals surface area (Å²) in [5, 5.41) is 3.02. The maximum atomic E-state index is 13.9. The first-order valence-electron chi connectivity index (χ1n) is 11.0. The molecule has 10 heteroatoms. The van der Waals surface area contributed by atoms with Crippen molar-refractivity contribution >= 4 is 29.3 Å². The van der Waals surface area contributed by atoms with Gasteiger partial charge < -0.3 is 19.3 Å². The number of hydrogen-bond donors (Lipinski definition) is 0. The maximum absolute atomic E-state index is 13.9. The van der Waals surface area contributed by atoms with Crippen molar-refractivity contribution in [2.24, 2.45) is 5.11 Å². The summed E-state index contributed by atoms with van der Waals surface area (Å²) in [6.45, 7) is 1.32. The van der Waals surface area contributed by atoms with E-state index in [4.69, 9.17) is 15.0 Å². The predicted octanol–water partition coefficient (Wildman–Crippen LogP) is 4.44. The van der Waals surface area contributed by atoms with E-state index >= 15 is 0 Å². The average Bonchev–Trinajstić information content (AvgIpc) is 2.95. The molecule has 0 unspecified atom stereocenters. The molecule has 34 heavy (non-hydrogen) atoms. The number of esters is 1. The number of nitrogens with zero attached hydrogens (tertiary/aromatic N) is 5. The highest BCUT2D eigenvalue weighted by molar-refractivity contribution is 7.99. The van der Waals surface area contributed by atoms with Crippen LogP contribution in [0.5, 0.6) is 5.75 Å². The fourth-order valence-electron chi connectivity index (χ4n) is 3.60. The highest BCUT2D eigenvalue weighted by Gasteiger charge is 2.41. The number of thioether (sulfide) groups is 1. The van der Waals surface area contributed by atoms with Crippen molar-refractivity contribution in [3.05, 3.63) is 64.5 Å². The third-order valence-corrected chi connectivity index (χ3v) is 6.74. The molecule has 1 heterocycles. The quantitative estimate of drug-likeness (QED) is 0.163. The highest BCUT2D eigenvalue weighted by Crippen LogP contribution is 2.46. The Morgan fingerprint density at radius 2 is 1.94 bits per heavy atom. The van der Waals surface area contributed by atoms with Crippen LogP contribution in [0.3, 0.4) is 0 Å². The van der Waals surface area contributed by atoms with E-state index in [0.717, 1.165) is 16.1 Å². The summed E-state index contributed by atoms with van der Waals surface area (Å²) in [6.07, 6.45) is -0.595. The Hall–Kier alpha value is -3.20. The molecule has 9 nitrogen and oxygen atoms in total. The molecule has 0 N–H and O–H groups in total. The van der Waals surface area contributed by atoms with E-state index in [9.17, 15) is 9.59 Å². The zero-order valence-electron chi connectivity index (χ0n) is 19.6. The van der Waals surface area contributed by atoms with E-state index in [1.54, 1.807) is 12.0 Å². The van der Waals surface area contributed by atoms with Gasteiger partial charge in [0.25, 0.3) is 5.91 Å². The Kier molecular flexibility index (Phi) is 9.21. The van der Waals surface area contributed by atoms with Crippen LogP contribution >= 0.6 is 11.8 Å². The lowest BCUT2D eigenvalue weighted by atomic mass is 10.1. The molecule has 0 radical (unpaired) electrons. The molecular formula is C24H29N5O4S. The van der Waals surface area contributed by atoms with Gasteiger partial charge in [-0.3, -0.25) is 9.59 Å². The average molecular weight is 484 g/mol. The molecule has 0 aromatic heterocycles. The predicted molar refractivity (Wildman–Crippen MR) is 132 cm³/mol. The summed E-state index contributed by atoms with van der Waals surface area (Å²) < 4.78 is 11.1. The van der Waals surface area contributed by atoms with Gasteiger partial charge in [0.1, 0.15) is 5.75 Å². The number of carbonyl (C=O) groups is 2. The summed E-state index contributed by atoms with van der Waals surface area (Å²) in [4.78, 5) is 33.9. The molecule has 2 aromatic rings. The Morgan fingerprint density at radius 1 is 1.21 bits per heavy atom. The fraction of sp³-hybridized carbons (Fsp3) is 0.417. The summed E-state index contributed by atoms with van der Waals surface area (Å²) in [7, 11) is 5.49. The molecule has 0 saturated heterocycles. The van der Waals surface area contributed by atoms with Crippen LogP contribution in [-0.4, -0.2) is 63.7 Å². The maximum Gasteiger partial charge on any atom is 0.306 e. The number of methoxy groups -OCH3 is 1. The van der Waals surface area contributed by atoms with E-state index in [0.29, 0.717) is 25.3 Å². The zero-order chi connectivity index (χ0) is 24.5. The molecular weight excluding hydrogens is 454 g/mol. The molecule has 0 bridgehead atoms. The highest BCUT2D eigenvalue weighted by atomic mass is 32.2. The third kappa shape index (κ3) is 6.44. The van der Waals surface area contributed by atoms with Crippen molar-refractivity contribution in [2.45, 2.75) is 29.1 Å². The van der Waals surface area contributed by atoms with Gasteiger partial charge in [0.05, 0.1) is 18.0 Å². The molecule has 2 aromatic carbocycles. The van der Waals surface area contributed by atoms with Crippen LogP contribution in [-0.2, 0) is 14.3 Å². The lowest BCUT2D eigenvalue weighted by molar-refractivity contribution is -0.155. The normalized spacial score (nSPS) is 17.5. The molecule has 0 aliphatic carbocycles. The van der Waals surface area contributed by atoms with E-state index in [2.05, 4.69) is 10.0 Å². The van der Waals surface area contributed by atoms with Gasteiger partial charge >= 0.3 is 5.97 Å². The fourth-order valence-corrected chi connectivity index (χ4v) is 4.92. The van der Waals surface area contributed by atoms with Crippen LogP contribution in [0.15, 0.2) is 58.5 Å². The van der Waals surface area contributed by atoms with Gasteiger partial charge in [0, 0.05) is 35.9 Å². The largest absolute Gasteiger partial charge is 0.497 e. The molecule has 1 aliphatic heterocycles. The number of ether oxygens (including phenoxy) is 2. The number of fused-ring (bicyclic) bond motifs is 1. The lowest BCUT2D eigenvalue weighted by Crippen LogP contribution is -2.45. The van der Waals surface area contributed by atoms with Crippen molar-refractivity contribution in [1.29, 1.82) is 0 Å². The van der Waals surface area contributed by atoms with Gasteiger partial charge in [-0.25, -0.2) is 0 Å². The number of hydrogen-bond acceptors (Lipinski definition) is 7. The number of rotatable bonds is 10. The molecule has 1 aliphatic rings. The molecule has 0 saturated carbocycles. The van der Waals surface area contributed by atoms with E-state index in [-0.39, 0.29) is 18.9 Å². The first-order valence-corrected chi connectivity index (χ1v) is 11.9. The Morgan fingerprint density at radius 3 is 2.62 bits per heavy atom. The number of carbonyl (C=O) groups excluding carboxylic acids is 2. The van der Waals surface area contributed by atoms with E-state index < -0.39 is 17.3 Å². The van der Waals surface area contributed by atoms with Gasteiger partial charge in [0.2, 0.25) is 0 Å². The van der Waals surface area contributed by atoms with Crippen LogP contribution in [0.2, 0.25) is 0 Å². The van der Waals surface area contributed by atoms with Crippen LogP contribution in [0, 0.1) is 0 Å².